The van der Waals surface area contributed by atoms with Crippen LogP contribution in [0.3, 0.4) is 0 Å². The maximum Gasteiger partial charge on any atom is 0.368 e. The van der Waals surface area contributed by atoms with Gasteiger partial charge in [-0.3, -0.25) is 4.79 Å². The standard InChI is InChI=1S/C23H29NO4/c1-14-9-11-15(12-10-14)20-24-28-23(27-20)17(22(5,6)7)13-16(21(2,3)4)18(26-8)19(23)25/h9-13H,1-8H3. The van der Waals surface area contributed by atoms with Crippen molar-refractivity contribution in [1.82, 2.24) is 0 Å². The molecule has 0 fully saturated rings. The van der Waals surface area contributed by atoms with Gasteiger partial charge in [0, 0.05) is 16.7 Å². The first-order chi connectivity index (χ1) is 12.9. The molecule has 1 atom stereocenters. The highest BCUT2D eigenvalue weighted by molar-refractivity contribution is 6.08. The van der Waals surface area contributed by atoms with Gasteiger partial charge in [0.15, 0.2) is 5.76 Å². The van der Waals surface area contributed by atoms with E-state index in [0.717, 1.165) is 22.3 Å². The Bertz CT molecular complexity index is 892. The summed E-state index contributed by atoms with van der Waals surface area (Å²) in [5.74, 6) is -1.46. The number of allylic oxidation sites excluding steroid dienone is 2. The van der Waals surface area contributed by atoms with Crippen molar-refractivity contribution in [3.05, 3.63) is 58.4 Å². The van der Waals surface area contributed by atoms with Crippen molar-refractivity contribution in [1.29, 1.82) is 0 Å². The number of methoxy groups -OCH3 is 1. The van der Waals surface area contributed by atoms with Crippen LogP contribution in [0.25, 0.3) is 0 Å². The van der Waals surface area contributed by atoms with Crippen LogP contribution in [0.2, 0.25) is 0 Å². The molecule has 28 heavy (non-hydrogen) atoms. The smallest absolute Gasteiger partial charge is 0.368 e. The van der Waals surface area contributed by atoms with Gasteiger partial charge >= 0.3 is 5.79 Å². The van der Waals surface area contributed by atoms with Gasteiger partial charge in [0.1, 0.15) is 0 Å². The Morgan fingerprint density at radius 1 is 1.00 bits per heavy atom. The Morgan fingerprint density at radius 2 is 1.61 bits per heavy atom. The molecule has 0 bridgehead atoms. The number of Topliss-reactive ketones (excluding diaryl/α,β-unsaturated/α-hetero) is 1. The summed E-state index contributed by atoms with van der Waals surface area (Å²) in [6.07, 6.45) is 1.98. The van der Waals surface area contributed by atoms with Gasteiger partial charge in [-0.15, -0.1) is 0 Å². The SMILES string of the molecule is COC1=C(C(C)(C)C)C=C(C(C)(C)C)C2(ON=C(c3ccc(C)cc3)O2)C1=O. The third-order valence-electron chi connectivity index (χ3n) is 5.01. The minimum absolute atomic E-state index is 0.251. The molecule has 2 aliphatic rings. The maximum absolute atomic E-state index is 13.6. The monoisotopic (exact) mass is 383 g/mol. The lowest BCUT2D eigenvalue weighted by molar-refractivity contribution is -0.171. The molecule has 5 nitrogen and oxygen atoms in total. The van der Waals surface area contributed by atoms with Crippen molar-refractivity contribution in [3.8, 4) is 0 Å². The molecule has 1 unspecified atom stereocenters. The quantitative estimate of drug-likeness (QED) is 0.729. The molecular weight excluding hydrogens is 354 g/mol. The minimum Gasteiger partial charge on any atom is -0.492 e. The van der Waals surface area contributed by atoms with Crippen LogP contribution in [0.15, 0.2) is 52.4 Å². The lowest BCUT2D eigenvalue weighted by Crippen LogP contribution is -2.50. The second-order valence-corrected chi connectivity index (χ2v) is 9.41. The number of ketones is 1. The summed E-state index contributed by atoms with van der Waals surface area (Å²) < 4.78 is 11.7. The van der Waals surface area contributed by atoms with Gasteiger partial charge in [-0.25, -0.2) is 0 Å². The fourth-order valence-electron chi connectivity index (χ4n) is 3.45. The first-order valence-corrected chi connectivity index (χ1v) is 9.48. The van der Waals surface area contributed by atoms with E-state index in [1.807, 2.05) is 78.8 Å². The molecule has 1 aromatic carbocycles. The molecule has 5 heteroatoms. The van der Waals surface area contributed by atoms with Crippen LogP contribution in [0.4, 0.5) is 0 Å². The summed E-state index contributed by atoms with van der Waals surface area (Å²) in [5, 5.41) is 4.14. The number of ether oxygens (including phenoxy) is 2. The zero-order valence-electron chi connectivity index (χ0n) is 18.0. The van der Waals surface area contributed by atoms with Gasteiger partial charge in [-0.2, -0.15) is 0 Å². The Kier molecular flexibility index (Phi) is 4.69. The number of oxime groups is 1. The van der Waals surface area contributed by atoms with E-state index in [1.165, 1.54) is 7.11 Å². The van der Waals surface area contributed by atoms with Crippen molar-refractivity contribution >= 4 is 11.7 Å². The second-order valence-electron chi connectivity index (χ2n) is 9.41. The Hall–Kier alpha value is -2.56. The summed E-state index contributed by atoms with van der Waals surface area (Å²) in [5.41, 5.74) is 2.77. The van der Waals surface area contributed by atoms with Crippen molar-refractivity contribution < 1.29 is 19.1 Å². The number of aryl methyl sites for hydroxylation is 1. The number of hydrogen-bond acceptors (Lipinski definition) is 5. The van der Waals surface area contributed by atoms with Crippen molar-refractivity contribution in [2.45, 2.75) is 54.3 Å². The first kappa shape index (κ1) is 20.2. The predicted octanol–water partition coefficient (Wildman–Crippen LogP) is 4.90. The van der Waals surface area contributed by atoms with E-state index in [0.29, 0.717) is 0 Å². The van der Waals surface area contributed by atoms with E-state index in [4.69, 9.17) is 14.3 Å². The van der Waals surface area contributed by atoms with Crippen molar-refractivity contribution in [2.24, 2.45) is 16.0 Å². The third-order valence-corrected chi connectivity index (χ3v) is 5.01. The number of carbonyl (C=O) groups excluding carboxylic acids is 1. The van der Waals surface area contributed by atoms with E-state index in [-0.39, 0.29) is 28.3 Å². The molecule has 0 N–H and O–H groups in total. The first-order valence-electron chi connectivity index (χ1n) is 9.48. The summed E-state index contributed by atoms with van der Waals surface area (Å²) in [7, 11) is 1.50. The van der Waals surface area contributed by atoms with E-state index < -0.39 is 5.79 Å². The molecule has 0 saturated heterocycles. The molecule has 3 rings (SSSR count). The van der Waals surface area contributed by atoms with Gasteiger partial charge < -0.3 is 14.3 Å². The van der Waals surface area contributed by atoms with Gasteiger partial charge in [0.2, 0.25) is 0 Å². The number of benzene rings is 1. The number of carbonyl (C=O) groups is 1. The average Bonchev–Trinajstić information content (AvgIpc) is 3.01. The highest BCUT2D eigenvalue weighted by Crippen LogP contribution is 2.48. The molecule has 0 radical (unpaired) electrons. The highest BCUT2D eigenvalue weighted by atomic mass is 16.8. The van der Waals surface area contributed by atoms with Gasteiger partial charge in [-0.05, 0) is 41.1 Å². The molecule has 1 aliphatic heterocycles. The molecule has 1 aromatic rings. The summed E-state index contributed by atoms with van der Waals surface area (Å²) in [4.78, 5) is 19.3. The topological polar surface area (TPSA) is 57.1 Å². The predicted molar refractivity (Wildman–Crippen MR) is 109 cm³/mol. The largest absolute Gasteiger partial charge is 0.492 e. The molecular formula is C23H29NO4. The molecule has 0 saturated carbocycles. The zero-order chi connectivity index (χ0) is 20.9. The molecule has 0 amide bonds. The van der Waals surface area contributed by atoms with Gasteiger partial charge in [-0.1, -0.05) is 59.2 Å². The Morgan fingerprint density at radius 3 is 2.11 bits per heavy atom. The van der Waals surface area contributed by atoms with Crippen LogP contribution in [-0.2, 0) is 19.1 Å². The number of hydrogen-bond donors (Lipinski definition) is 0. The third kappa shape index (κ3) is 3.23. The highest BCUT2D eigenvalue weighted by Gasteiger charge is 2.59. The number of nitrogens with zero attached hydrogens (tertiary/aromatic N) is 1. The van der Waals surface area contributed by atoms with E-state index >= 15 is 0 Å². The van der Waals surface area contributed by atoms with Crippen molar-refractivity contribution in [3.63, 3.8) is 0 Å². The van der Waals surface area contributed by atoms with Crippen molar-refractivity contribution in [2.75, 3.05) is 7.11 Å². The number of rotatable bonds is 2. The van der Waals surface area contributed by atoms with Crippen LogP contribution < -0.4 is 0 Å². The fraction of sp³-hybridized carbons (Fsp3) is 0.478. The molecule has 1 spiro atoms. The summed E-state index contributed by atoms with van der Waals surface area (Å²) >= 11 is 0. The second kappa shape index (κ2) is 6.50. The van der Waals surface area contributed by atoms with Crippen LogP contribution in [0.1, 0.15) is 52.7 Å². The normalized spacial score (nSPS) is 22.6. The molecule has 1 aliphatic carbocycles. The summed E-state index contributed by atoms with van der Waals surface area (Å²) in [6.45, 7) is 14.2. The van der Waals surface area contributed by atoms with Crippen LogP contribution in [-0.4, -0.2) is 24.6 Å². The van der Waals surface area contributed by atoms with Crippen LogP contribution in [0, 0.1) is 17.8 Å². The van der Waals surface area contributed by atoms with Crippen LogP contribution >= 0.6 is 0 Å². The average molecular weight is 383 g/mol. The Balaban J connectivity index is 2.11. The van der Waals surface area contributed by atoms with E-state index in [9.17, 15) is 4.79 Å². The summed E-state index contributed by atoms with van der Waals surface area (Å²) in [6, 6.07) is 7.73. The molecule has 1 heterocycles. The molecule has 150 valence electrons. The minimum atomic E-state index is -1.64. The fourth-order valence-corrected chi connectivity index (χ4v) is 3.45. The van der Waals surface area contributed by atoms with Crippen LogP contribution in [0.5, 0.6) is 0 Å². The van der Waals surface area contributed by atoms with E-state index in [1.54, 1.807) is 0 Å². The van der Waals surface area contributed by atoms with Gasteiger partial charge in [0.25, 0.3) is 11.7 Å². The zero-order valence-corrected chi connectivity index (χ0v) is 18.0. The Labute approximate surface area is 167 Å². The van der Waals surface area contributed by atoms with Gasteiger partial charge in [0.05, 0.1) is 7.11 Å². The van der Waals surface area contributed by atoms with E-state index in [2.05, 4.69) is 5.16 Å². The lowest BCUT2D eigenvalue weighted by atomic mass is 9.71. The lowest BCUT2D eigenvalue weighted by Gasteiger charge is -2.39. The molecule has 0 aromatic heterocycles. The maximum atomic E-state index is 13.6.